The zero-order chi connectivity index (χ0) is 15.4. The minimum Gasteiger partial charge on any atom is -0.483 e. The molecule has 22 heavy (non-hydrogen) atoms. The Morgan fingerprint density at radius 1 is 1.18 bits per heavy atom. The van der Waals surface area contributed by atoms with Gasteiger partial charge in [-0.05, 0) is 57.6 Å². The van der Waals surface area contributed by atoms with Crippen molar-refractivity contribution >= 4 is 18.3 Å². The van der Waals surface area contributed by atoms with Gasteiger partial charge in [-0.25, -0.2) is 0 Å². The van der Waals surface area contributed by atoms with Gasteiger partial charge in [0, 0.05) is 12.1 Å². The van der Waals surface area contributed by atoms with E-state index in [9.17, 15) is 4.79 Å². The number of amides is 1. The molecule has 1 saturated carbocycles. The number of nitrogens with one attached hydrogen (secondary N) is 1. The van der Waals surface area contributed by atoms with Crippen molar-refractivity contribution in [2.24, 2.45) is 5.73 Å². The molecule has 0 atom stereocenters. The Balaban J connectivity index is 0.00000242. The van der Waals surface area contributed by atoms with Crippen LogP contribution in [-0.4, -0.2) is 24.6 Å². The maximum atomic E-state index is 12.0. The van der Waals surface area contributed by atoms with Crippen molar-refractivity contribution in [3.63, 3.8) is 0 Å². The van der Waals surface area contributed by atoms with Gasteiger partial charge in [-0.2, -0.15) is 0 Å². The molecule has 0 aliphatic heterocycles. The summed E-state index contributed by atoms with van der Waals surface area (Å²) in [4.78, 5) is 12.0. The molecule has 0 radical (unpaired) electrons. The Morgan fingerprint density at radius 2 is 1.73 bits per heavy atom. The molecular formula is C17H27ClN2O2. The number of rotatable bonds is 4. The summed E-state index contributed by atoms with van der Waals surface area (Å²) in [6.45, 7) is 6.16. The first kappa shape index (κ1) is 18.8. The normalized spacial score (nSPS) is 20.9. The van der Waals surface area contributed by atoms with E-state index in [0.717, 1.165) is 42.6 Å². The van der Waals surface area contributed by atoms with Crippen LogP contribution in [0.15, 0.2) is 12.1 Å². The van der Waals surface area contributed by atoms with Crippen molar-refractivity contribution in [3.8, 4) is 5.75 Å². The van der Waals surface area contributed by atoms with Crippen molar-refractivity contribution in [2.75, 3.05) is 6.61 Å². The third-order valence-corrected chi connectivity index (χ3v) is 4.09. The van der Waals surface area contributed by atoms with Gasteiger partial charge in [0.05, 0.1) is 0 Å². The Labute approximate surface area is 139 Å². The highest BCUT2D eigenvalue weighted by molar-refractivity contribution is 5.85. The van der Waals surface area contributed by atoms with E-state index in [4.69, 9.17) is 10.5 Å². The largest absolute Gasteiger partial charge is 0.483 e. The molecule has 0 heterocycles. The van der Waals surface area contributed by atoms with Gasteiger partial charge in [0.15, 0.2) is 6.61 Å². The number of halogens is 1. The summed E-state index contributed by atoms with van der Waals surface area (Å²) < 4.78 is 5.71. The summed E-state index contributed by atoms with van der Waals surface area (Å²) in [5, 5.41) is 3.04. The van der Waals surface area contributed by atoms with Crippen LogP contribution in [0, 0.1) is 20.8 Å². The molecule has 0 spiro atoms. The lowest BCUT2D eigenvalue weighted by Gasteiger charge is -2.26. The van der Waals surface area contributed by atoms with Gasteiger partial charge >= 0.3 is 0 Å². The van der Waals surface area contributed by atoms with Crippen molar-refractivity contribution < 1.29 is 9.53 Å². The van der Waals surface area contributed by atoms with Gasteiger partial charge in [0.2, 0.25) is 0 Å². The monoisotopic (exact) mass is 326 g/mol. The van der Waals surface area contributed by atoms with Gasteiger partial charge in [-0.1, -0.05) is 17.7 Å². The van der Waals surface area contributed by atoms with Crippen LogP contribution in [0.3, 0.4) is 0 Å². The molecule has 1 aliphatic rings. The molecule has 1 fully saturated rings. The molecule has 5 heteroatoms. The van der Waals surface area contributed by atoms with E-state index < -0.39 is 0 Å². The van der Waals surface area contributed by atoms with Gasteiger partial charge in [-0.3, -0.25) is 4.79 Å². The Morgan fingerprint density at radius 3 is 2.27 bits per heavy atom. The van der Waals surface area contributed by atoms with Crippen LogP contribution >= 0.6 is 12.4 Å². The van der Waals surface area contributed by atoms with Crippen LogP contribution in [-0.2, 0) is 4.79 Å². The van der Waals surface area contributed by atoms with Crippen LogP contribution in [0.2, 0.25) is 0 Å². The molecule has 124 valence electrons. The molecule has 1 aromatic rings. The summed E-state index contributed by atoms with van der Waals surface area (Å²) in [5.41, 5.74) is 9.23. The lowest BCUT2D eigenvalue weighted by molar-refractivity contribution is -0.124. The van der Waals surface area contributed by atoms with Crippen molar-refractivity contribution in [3.05, 3.63) is 28.8 Å². The standard InChI is InChI=1S/C17H26N2O2.ClH/c1-11-8-12(2)17(13(3)9-11)21-10-16(20)19-15-6-4-14(18)5-7-15;/h8-9,14-15H,4-7,10,18H2,1-3H3,(H,19,20);1H. The van der Waals surface area contributed by atoms with Crippen molar-refractivity contribution in [2.45, 2.75) is 58.5 Å². The quantitative estimate of drug-likeness (QED) is 0.894. The molecule has 3 N–H and O–H groups in total. The highest BCUT2D eigenvalue weighted by Gasteiger charge is 2.20. The summed E-state index contributed by atoms with van der Waals surface area (Å²) in [7, 11) is 0. The molecule has 4 nitrogen and oxygen atoms in total. The van der Waals surface area contributed by atoms with Crippen LogP contribution in [0.25, 0.3) is 0 Å². The van der Waals surface area contributed by atoms with E-state index in [1.807, 2.05) is 13.8 Å². The number of ether oxygens (including phenoxy) is 1. The highest BCUT2D eigenvalue weighted by Crippen LogP contribution is 2.24. The molecule has 0 saturated heterocycles. The molecule has 0 bridgehead atoms. The topological polar surface area (TPSA) is 64.3 Å². The minimum absolute atomic E-state index is 0. The fourth-order valence-electron chi connectivity index (χ4n) is 3.07. The molecule has 1 aromatic carbocycles. The summed E-state index contributed by atoms with van der Waals surface area (Å²) >= 11 is 0. The van der Waals surface area contributed by atoms with E-state index in [0.29, 0.717) is 6.04 Å². The first-order valence-corrected chi connectivity index (χ1v) is 7.71. The second-order valence-corrected chi connectivity index (χ2v) is 6.20. The molecule has 0 aromatic heterocycles. The summed E-state index contributed by atoms with van der Waals surface area (Å²) in [5.74, 6) is 0.774. The Kier molecular flexibility index (Phi) is 7.17. The lowest BCUT2D eigenvalue weighted by atomic mass is 9.92. The lowest BCUT2D eigenvalue weighted by Crippen LogP contribution is -2.42. The minimum atomic E-state index is -0.0464. The van der Waals surface area contributed by atoms with Crippen LogP contribution < -0.4 is 15.8 Å². The number of aryl methyl sites for hydroxylation is 3. The Bertz CT molecular complexity index is 488. The van der Waals surface area contributed by atoms with Gasteiger partial charge in [-0.15, -0.1) is 12.4 Å². The second-order valence-electron chi connectivity index (χ2n) is 6.20. The van der Waals surface area contributed by atoms with Crippen LogP contribution in [0.1, 0.15) is 42.4 Å². The molecule has 1 amide bonds. The van der Waals surface area contributed by atoms with Gasteiger partial charge < -0.3 is 15.8 Å². The van der Waals surface area contributed by atoms with Gasteiger partial charge in [0.25, 0.3) is 5.91 Å². The average Bonchev–Trinajstić information content (AvgIpc) is 2.40. The van der Waals surface area contributed by atoms with Crippen molar-refractivity contribution in [1.82, 2.24) is 5.32 Å². The number of hydrogen-bond acceptors (Lipinski definition) is 3. The number of benzene rings is 1. The molecule has 2 rings (SSSR count). The average molecular weight is 327 g/mol. The number of carbonyl (C=O) groups is 1. The first-order chi connectivity index (χ1) is 9.95. The molecule has 1 aliphatic carbocycles. The zero-order valence-electron chi connectivity index (χ0n) is 13.6. The second kappa shape index (κ2) is 8.39. The van der Waals surface area contributed by atoms with E-state index in [1.54, 1.807) is 0 Å². The number of carbonyl (C=O) groups excluding carboxylic acids is 1. The van der Waals surface area contributed by atoms with Crippen LogP contribution in [0.5, 0.6) is 5.75 Å². The first-order valence-electron chi connectivity index (χ1n) is 7.71. The van der Waals surface area contributed by atoms with Gasteiger partial charge in [0.1, 0.15) is 5.75 Å². The van der Waals surface area contributed by atoms with E-state index in [2.05, 4.69) is 24.4 Å². The smallest absolute Gasteiger partial charge is 0.258 e. The fraction of sp³-hybridized carbons (Fsp3) is 0.588. The summed E-state index contributed by atoms with van der Waals surface area (Å²) in [6.07, 6.45) is 3.91. The van der Waals surface area contributed by atoms with Crippen molar-refractivity contribution in [1.29, 1.82) is 0 Å². The highest BCUT2D eigenvalue weighted by atomic mass is 35.5. The van der Waals surface area contributed by atoms with Crippen LogP contribution in [0.4, 0.5) is 0 Å². The predicted molar refractivity (Wildman–Crippen MR) is 91.8 cm³/mol. The predicted octanol–water partition coefficient (Wildman–Crippen LogP) is 2.80. The molecule has 0 unspecified atom stereocenters. The SMILES string of the molecule is Cc1cc(C)c(OCC(=O)NC2CCC(N)CC2)c(C)c1.Cl. The van der Waals surface area contributed by atoms with E-state index >= 15 is 0 Å². The van der Waals surface area contributed by atoms with E-state index in [-0.39, 0.29) is 31.0 Å². The Hall–Kier alpha value is -1.26. The maximum Gasteiger partial charge on any atom is 0.258 e. The summed E-state index contributed by atoms with van der Waals surface area (Å²) in [6, 6.07) is 4.69. The zero-order valence-corrected chi connectivity index (χ0v) is 14.5. The third-order valence-electron chi connectivity index (χ3n) is 4.09. The number of nitrogens with two attached hydrogens (primary N) is 1. The fourth-order valence-corrected chi connectivity index (χ4v) is 3.07. The maximum absolute atomic E-state index is 12.0. The molecular weight excluding hydrogens is 300 g/mol. The van der Waals surface area contributed by atoms with E-state index in [1.165, 1.54) is 5.56 Å². The number of hydrogen-bond donors (Lipinski definition) is 2. The third kappa shape index (κ3) is 5.18.